The Kier molecular flexibility index (Phi) is 5.90. The molecule has 1 saturated heterocycles. The molecule has 170 valence electrons. The fourth-order valence-electron chi connectivity index (χ4n) is 4.54. The van der Waals surface area contributed by atoms with E-state index in [1.807, 2.05) is 0 Å². The number of halogens is 1. The van der Waals surface area contributed by atoms with Crippen molar-refractivity contribution in [3.8, 4) is 11.5 Å². The molecule has 3 heterocycles. The molecule has 0 atom stereocenters. The second-order valence-corrected chi connectivity index (χ2v) is 8.49. The molecule has 1 aromatic heterocycles. The van der Waals surface area contributed by atoms with Gasteiger partial charge >= 0.3 is 0 Å². The van der Waals surface area contributed by atoms with E-state index in [1.54, 1.807) is 17.0 Å². The number of hydrogen-bond acceptors (Lipinski definition) is 5. The lowest BCUT2D eigenvalue weighted by Crippen LogP contribution is -2.45. The van der Waals surface area contributed by atoms with Crippen LogP contribution >= 0.6 is 0 Å². The lowest BCUT2D eigenvalue weighted by molar-refractivity contribution is -0.130. The fourth-order valence-corrected chi connectivity index (χ4v) is 4.54. The van der Waals surface area contributed by atoms with Crippen molar-refractivity contribution >= 4 is 11.8 Å². The zero-order chi connectivity index (χ0) is 23.0. The van der Waals surface area contributed by atoms with Crippen molar-refractivity contribution in [2.45, 2.75) is 39.3 Å². The standard InChI is InChI=1S/C23H26FN3O5/c1-14(28)25-8-6-15(7-9-25)12-18-20(29)21(30)19-23(32)26(10-11-27(19)22(18)31)13-16-2-4-17(24)5-3-16/h2-5,15,29-30H,6-13H2,1H3. The van der Waals surface area contributed by atoms with Crippen LogP contribution in [0.15, 0.2) is 29.1 Å². The molecule has 0 aliphatic carbocycles. The van der Waals surface area contributed by atoms with E-state index in [-0.39, 0.29) is 55.0 Å². The maximum atomic E-state index is 13.1. The highest BCUT2D eigenvalue weighted by Gasteiger charge is 2.33. The van der Waals surface area contributed by atoms with Crippen LogP contribution in [-0.2, 0) is 24.3 Å². The van der Waals surface area contributed by atoms with Gasteiger partial charge in [-0.1, -0.05) is 12.1 Å². The van der Waals surface area contributed by atoms with E-state index in [9.17, 15) is 29.0 Å². The Morgan fingerprint density at radius 3 is 2.31 bits per heavy atom. The summed E-state index contributed by atoms with van der Waals surface area (Å²) in [5, 5.41) is 21.2. The van der Waals surface area contributed by atoms with Gasteiger partial charge in [0.2, 0.25) is 5.91 Å². The quantitative estimate of drug-likeness (QED) is 0.751. The molecule has 0 saturated carbocycles. The lowest BCUT2D eigenvalue weighted by Gasteiger charge is -2.32. The van der Waals surface area contributed by atoms with Crippen LogP contribution in [-0.4, -0.2) is 56.0 Å². The minimum absolute atomic E-state index is 0.0153. The van der Waals surface area contributed by atoms with E-state index in [4.69, 9.17) is 0 Å². The van der Waals surface area contributed by atoms with Crippen LogP contribution < -0.4 is 5.56 Å². The van der Waals surface area contributed by atoms with Gasteiger partial charge in [0.15, 0.2) is 17.2 Å². The van der Waals surface area contributed by atoms with Crippen molar-refractivity contribution in [2.24, 2.45) is 5.92 Å². The Morgan fingerprint density at radius 2 is 1.69 bits per heavy atom. The molecular formula is C23H26FN3O5. The highest BCUT2D eigenvalue weighted by Crippen LogP contribution is 2.35. The summed E-state index contributed by atoms with van der Waals surface area (Å²) in [6.07, 6.45) is 1.68. The third kappa shape index (κ3) is 4.06. The molecule has 2 amide bonds. The van der Waals surface area contributed by atoms with Crippen molar-refractivity contribution in [1.82, 2.24) is 14.4 Å². The number of benzene rings is 1. The molecule has 0 bridgehead atoms. The largest absolute Gasteiger partial charge is 0.504 e. The lowest BCUT2D eigenvalue weighted by atomic mass is 9.90. The number of fused-ring (bicyclic) bond motifs is 1. The molecule has 2 aliphatic heterocycles. The number of carbonyl (C=O) groups is 2. The van der Waals surface area contributed by atoms with Crippen molar-refractivity contribution < 1.29 is 24.2 Å². The molecule has 1 fully saturated rings. The third-order valence-corrected chi connectivity index (χ3v) is 6.43. The number of aromatic nitrogens is 1. The van der Waals surface area contributed by atoms with Crippen LogP contribution in [0.1, 0.15) is 41.4 Å². The average Bonchev–Trinajstić information content (AvgIpc) is 2.78. The Labute approximate surface area is 184 Å². The maximum absolute atomic E-state index is 13.1. The number of piperidine rings is 1. The molecule has 4 rings (SSSR count). The Hall–Kier alpha value is -3.36. The first-order valence-electron chi connectivity index (χ1n) is 10.7. The minimum atomic E-state index is -0.588. The van der Waals surface area contributed by atoms with Crippen LogP contribution in [0, 0.1) is 11.7 Å². The van der Waals surface area contributed by atoms with Crippen molar-refractivity contribution in [3.05, 3.63) is 57.3 Å². The highest BCUT2D eigenvalue weighted by atomic mass is 19.1. The summed E-state index contributed by atoms with van der Waals surface area (Å²) >= 11 is 0. The molecule has 2 N–H and O–H groups in total. The van der Waals surface area contributed by atoms with Gasteiger partial charge in [-0.25, -0.2) is 4.39 Å². The SMILES string of the molecule is CC(=O)N1CCC(Cc2c(O)c(O)c3n(c2=O)CCN(Cc2ccc(F)cc2)C3=O)CC1. The molecule has 0 radical (unpaired) electrons. The van der Waals surface area contributed by atoms with Gasteiger partial charge in [0.1, 0.15) is 5.82 Å². The zero-order valence-corrected chi connectivity index (χ0v) is 17.9. The highest BCUT2D eigenvalue weighted by molar-refractivity contribution is 5.96. The number of aromatic hydroxyl groups is 2. The molecular weight excluding hydrogens is 417 g/mol. The number of likely N-dealkylation sites (tertiary alicyclic amines) is 1. The number of pyridine rings is 1. The van der Waals surface area contributed by atoms with Crippen LogP contribution in [0.25, 0.3) is 0 Å². The first kappa shape index (κ1) is 21.9. The van der Waals surface area contributed by atoms with E-state index < -0.39 is 23.0 Å². The van der Waals surface area contributed by atoms with Crippen LogP contribution in [0.4, 0.5) is 4.39 Å². The molecule has 32 heavy (non-hydrogen) atoms. The summed E-state index contributed by atoms with van der Waals surface area (Å²) in [6, 6.07) is 5.75. The first-order valence-corrected chi connectivity index (χ1v) is 10.7. The smallest absolute Gasteiger partial charge is 0.274 e. The number of rotatable bonds is 4. The van der Waals surface area contributed by atoms with Gasteiger partial charge in [0.05, 0.1) is 5.56 Å². The Balaban J connectivity index is 1.56. The molecule has 1 aromatic carbocycles. The topological polar surface area (TPSA) is 103 Å². The Bertz CT molecular complexity index is 1100. The number of nitrogens with zero attached hydrogens (tertiary/aromatic N) is 3. The summed E-state index contributed by atoms with van der Waals surface area (Å²) in [5.74, 6) is -1.97. The molecule has 9 heteroatoms. The third-order valence-electron chi connectivity index (χ3n) is 6.43. The summed E-state index contributed by atoms with van der Waals surface area (Å²) in [4.78, 5) is 40.8. The predicted molar refractivity (Wildman–Crippen MR) is 114 cm³/mol. The van der Waals surface area contributed by atoms with E-state index in [0.29, 0.717) is 31.5 Å². The molecule has 2 aliphatic rings. The van der Waals surface area contributed by atoms with E-state index in [2.05, 4.69) is 0 Å². The molecule has 8 nitrogen and oxygen atoms in total. The number of amides is 2. The van der Waals surface area contributed by atoms with Gasteiger partial charge in [0, 0.05) is 39.6 Å². The van der Waals surface area contributed by atoms with Gasteiger partial charge in [0.25, 0.3) is 11.5 Å². The normalized spacial score (nSPS) is 16.9. The van der Waals surface area contributed by atoms with Gasteiger partial charge < -0.3 is 20.0 Å². The summed E-state index contributed by atoms with van der Waals surface area (Å²) < 4.78 is 14.4. The van der Waals surface area contributed by atoms with Gasteiger partial charge in [-0.15, -0.1) is 0 Å². The predicted octanol–water partition coefficient (Wildman–Crippen LogP) is 1.86. The van der Waals surface area contributed by atoms with E-state index >= 15 is 0 Å². The average molecular weight is 443 g/mol. The van der Waals surface area contributed by atoms with Gasteiger partial charge in [-0.05, 0) is 42.9 Å². The summed E-state index contributed by atoms with van der Waals surface area (Å²) in [7, 11) is 0. The maximum Gasteiger partial charge on any atom is 0.274 e. The van der Waals surface area contributed by atoms with Crippen LogP contribution in [0.2, 0.25) is 0 Å². The van der Waals surface area contributed by atoms with Gasteiger partial charge in [-0.2, -0.15) is 0 Å². The summed E-state index contributed by atoms with van der Waals surface area (Å²) in [6.45, 7) is 3.35. The van der Waals surface area contributed by atoms with E-state index in [1.165, 1.54) is 28.5 Å². The number of hydrogen-bond donors (Lipinski definition) is 2. The second kappa shape index (κ2) is 8.64. The summed E-state index contributed by atoms with van der Waals surface area (Å²) in [5.41, 5.74) is 0.121. The number of carbonyl (C=O) groups excluding carboxylic acids is 2. The minimum Gasteiger partial charge on any atom is -0.504 e. The van der Waals surface area contributed by atoms with Crippen molar-refractivity contribution in [1.29, 1.82) is 0 Å². The van der Waals surface area contributed by atoms with Crippen molar-refractivity contribution in [2.75, 3.05) is 19.6 Å². The Morgan fingerprint density at radius 1 is 1.03 bits per heavy atom. The van der Waals surface area contributed by atoms with Crippen LogP contribution in [0.3, 0.4) is 0 Å². The van der Waals surface area contributed by atoms with Crippen LogP contribution in [0.5, 0.6) is 11.5 Å². The van der Waals surface area contributed by atoms with E-state index in [0.717, 1.165) is 0 Å². The molecule has 2 aromatic rings. The van der Waals surface area contributed by atoms with Gasteiger partial charge in [-0.3, -0.25) is 19.0 Å². The first-order chi connectivity index (χ1) is 15.3. The molecule has 0 spiro atoms. The molecule has 0 unspecified atom stereocenters. The second-order valence-electron chi connectivity index (χ2n) is 8.49. The zero-order valence-electron chi connectivity index (χ0n) is 17.9. The van der Waals surface area contributed by atoms with Crippen molar-refractivity contribution in [3.63, 3.8) is 0 Å². The monoisotopic (exact) mass is 443 g/mol. The fraction of sp³-hybridized carbons (Fsp3) is 0.435.